The molecule has 0 bridgehead atoms. The van der Waals surface area contributed by atoms with Crippen molar-refractivity contribution in [1.29, 1.82) is 0 Å². The first-order valence-corrected chi connectivity index (χ1v) is 12.2. The normalized spacial score (nSPS) is 10.8. The Morgan fingerprint density at radius 3 is 1.92 bits per heavy atom. The summed E-state index contributed by atoms with van der Waals surface area (Å²) in [5.41, 5.74) is 2.83. The Kier molecular flexibility index (Phi) is 11.3. The topological polar surface area (TPSA) is 71.1 Å². The predicted octanol–water partition coefficient (Wildman–Crippen LogP) is 6.38. The molecule has 0 saturated heterocycles. The number of halogens is 1. The summed E-state index contributed by atoms with van der Waals surface area (Å²) in [7, 11) is 0. The molecule has 0 fully saturated rings. The van der Waals surface area contributed by atoms with Crippen molar-refractivity contribution in [1.82, 2.24) is 0 Å². The number of rotatable bonds is 14. The third kappa shape index (κ3) is 9.81. The first kappa shape index (κ1) is 28.7. The van der Waals surface area contributed by atoms with E-state index in [9.17, 15) is 14.0 Å². The second kappa shape index (κ2) is 15.4. The highest BCUT2D eigenvalue weighted by atomic mass is 19.1. The highest BCUT2D eigenvalue weighted by Gasteiger charge is 2.04. The van der Waals surface area contributed by atoms with Crippen molar-refractivity contribution in [3.05, 3.63) is 120 Å². The van der Waals surface area contributed by atoms with Crippen LogP contribution >= 0.6 is 0 Å². The first-order valence-electron chi connectivity index (χ1n) is 12.2. The molecule has 0 heterocycles. The van der Waals surface area contributed by atoms with E-state index in [1.165, 1.54) is 6.07 Å². The molecule has 0 amide bonds. The zero-order valence-corrected chi connectivity index (χ0v) is 21.4. The van der Waals surface area contributed by atoms with E-state index in [0.29, 0.717) is 22.6 Å². The molecule has 0 N–H and O–H groups in total. The van der Waals surface area contributed by atoms with Gasteiger partial charge in [-0.1, -0.05) is 79.9 Å². The van der Waals surface area contributed by atoms with Gasteiger partial charge in [-0.25, -0.2) is 14.0 Å². The van der Waals surface area contributed by atoms with Crippen LogP contribution in [0.1, 0.15) is 22.3 Å². The lowest BCUT2D eigenvalue weighted by atomic mass is 10.1. The molecule has 39 heavy (non-hydrogen) atoms. The van der Waals surface area contributed by atoms with Crippen molar-refractivity contribution in [2.75, 3.05) is 26.4 Å². The lowest BCUT2D eigenvalue weighted by Crippen LogP contribution is -2.10. The second-order valence-electron chi connectivity index (χ2n) is 7.99. The van der Waals surface area contributed by atoms with E-state index in [0.717, 1.165) is 23.3 Å². The largest absolute Gasteiger partial charge is 0.490 e. The fourth-order valence-electron chi connectivity index (χ4n) is 3.29. The maximum Gasteiger partial charge on any atom is 0.330 e. The van der Waals surface area contributed by atoms with Crippen LogP contribution in [0.4, 0.5) is 4.39 Å². The molecule has 0 saturated carbocycles. The number of carbonyl (C=O) groups excluding carboxylic acids is 2. The Hall–Kier alpha value is -4.91. The van der Waals surface area contributed by atoms with Crippen molar-refractivity contribution in [2.45, 2.75) is 0 Å². The Labute approximate surface area is 227 Å². The maximum atomic E-state index is 14.8. The summed E-state index contributed by atoms with van der Waals surface area (Å²) in [6, 6.07) is 19.7. The molecule has 0 aliphatic heterocycles. The predicted molar refractivity (Wildman–Crippen MR) is 150 cm³/mol. The van der Waals surface area contributed by atoms with Crippen molar-refractivity contribution in [2.24, 2.45) is 0 Å². The molecule has 0 aliphatic carbocycles. The van der Waals surface area contributed by atoms with Crippen LogP contribution in [0.3, 0.4) is 0 Å². The third-order valence-corrected chi connectivity index (χ3v) is 5.25. The first-order chi connectivity index (χ1) is 19.0. The van der Waals surface area contributed by atoms with E-state index in [4.69, 9.17) is 18.9 Å². The van der Waals surface area contributed by atoms with Crippen LogP contribution < -0.4 is 9.47 Å². The van der Waals surface area contributed by atoms with E-state index in [2.05, 4.69) is 13.2 Å². The van der Waals surface area contributed by atoms with Gasteiger partial charge < -0.3 is 18.9 Å². The molecule has 0 spiro atoms. The van der Waals surface area contributed by atoms with Crippen molar-refractivity contribution >= 4 is 36.2 Å². The van der Waals surface area contributed by atoms with Gasteiger partial charge in [-0.15, -0.1) is 0 Å². The van der Waals surface area contributed by atoms with Crippen LogP contribution in [0.15, 0.2) is 92.0 Å². The Bertz CT molecular complexity index is 1340. The minimum atomic E-state index is -0.509. The monoisotopic (exact) mass is 528 g/mol. The van der Waals surface area contributed by atoms with Gasteiger partial charge in [-0.3, -0.25) is 0 Å². The highest BCUT2D eigenvalue weighted by Crippen LogP contribution is 2.22. The zero-order chi connectivity index (χ0) is 27.9. The standard InChI is InChI=1S/C32H29FO6/c1-3-31(34)38-21-19-36-28-17-12-24(13-18-28)9-10-25-11-14-26(29(33)23-25)15-16-27-7-5-6-8-30(27)37-20-22-39-32(35)4-2/h3-18,23H,1-2,19-22H2. The van der Waals surface area contributed by atoms with Gasteiger partial charge in [0, 0.05) is 23.3 Å². The fourth-order valence-corrected chi connectivity index (χ4v) is 3.29. The molecule has 0 aliphatic rings. The summed E-state index contributed by atoms with van der Waals surface area (Å²) in [6.45, 7) is 7.33. The molecule has 0 radical (unpaired) electrons. The lowest BCUT2D eigenvalue weighted by Gasteiger charge is -2.09. The molecule has 0 atom stereocenters. The van der Waals surface area contributed by atoms with Gasteiger partial charge in [-0.05, 0) is 35.4 Å². The van der Waals surface area contributed by atoms with Crippen LogP contribution in [0, 0.1) is 5.82 Å². The molecule has 6 nitrogen and oxygen atoms in total. The molecule has 3 aromatic carbocycles. The fraction of sp³-hybridized carbons (Fsp3) is 0.125. The number of benzene rings is 3. The quantitative estimate of drug-likeness (QED) is 0.105. The van der Waals surface area contributed by atoms with Crippen LogP contribution in [0.5, 0.6) is 11.5 Å². The van der Waals surface area contributed by atoms with E-state index in [-0.39, 0.29) is 32.2 Å². The van der Waals surface area contributed by atoms with E-state index < -0.39 is 11.9 Å². The van der Waals surface area contributed by atoms with Crippen LogP contribution in [0.25, 0.3) is 24.3 Å². The van der Waals surface area contributed by atoms with Crippen LogP contribution in [-0.2, 0) is 19.1 Å². The minimum absolute atomic E-state index is 0.0967. The Morgan fingerprint density at radius 1 is 0.667 bits per heavy atom. The SMILES string of the molecule is C=CC(=O)OCCOc1ccc(C=Cc2ccc(C=Cc3ccccc3OCCOC(=O)C=C)c(F)c2)cc1. The van der Waals surface area contributed by atoms with Gasteiger partial charge in [0.25, 0.3) is 0 Å². The number of ether oxygens (including phenoxy) is 4. The molecule has 3 rings (SSSR count). The zero-order valence-electron chi connectivity index (χ0n) is 21.4. The van der Waals surface area contributed by atoms with Crippen molar-refractivity contribution in [3.8, 4) is 11.5 Å². The van der Waals surface area contributed by atoms with E-state index >= 15 is 0 Å². The second-order valence-corrected chi connectivity index (χ2v) is 7.99. The average Bonchev–Trinajstić information content (AvgIpc) is 2.96. The Balaban J connectivity index is 1.55. The van der Waals surface area contributed by atoms with E-state index in [1.54, 1.807) is 36.4 Å². The molecule has 3 aromatic rings. The van der Waals surface area contributed by atoms with Gasteiger partial charge >= 0.3 is 11.9 Å². The number of hydrogen-bond donors (Lipinski definition) is 0. The summed E-state index contributed by atoms with van der Waals surface area (Å²) < 4.78 is 35.8. The molecular weight excluding hydrogens is 499 g/mol. The number of para-hydroxylation sites is 1. The summed E-state index contributed by atoms with van der Waals surface area (Å²) >= 11 is 0. The smallest absolute Gasteiger partial charge is 0.330 e. The summed E-state index contributed by atoms with van der Waals surface area (Å²) in [5.74, 6) is -0.116. The number of hydrogen-bond acceptors (Lipinski definition) is 6. The minimum Gasteiger partial charge on any atom is -0.490 e. The van der Waals surface area contributed by atoms with Crippen molar-refractivity contribution < 1.29 is 32.9 Å². The maximum absolute atomic E-state index is 14.8. The number of esters is 2. The lowest BCUT2D eigenvalue weighted by molar-refractivity contribution is -0.139. The molecule has 7 heteroatoms. The molecule has 0 aromatic heterocycles. The van der Waals surface area contributed by atoms with Crippen LogP contribution in [-0.4, -0.2) is 38.4 Å². The molecule has 0 unspecified atom stereocenters. The van der Waals surface area contributed by atoms with Gasteiger partial charge in [0.15, 0.2) is 0 Å². The molecule has 200 valence electrons. The Morgan fingerprint density at radius 2 is 1.26 bits per heavy atom. The van der Waals surface area contributed by atoms with E-state index in [1.807, 2.05) is 48.6 Å². The van der Waals surface area contributed by atoms with Gasteiger partial charge in [0.05, 0.1) is 0 Å². The van der Waals surface area contributed by atoms with Crippen LogP contribution in [0.2, 0.25) is 0 Å². The van der Waals surface area contributed by atoms with Crippen molar-refractivity contribution in [3.63, 3.8) is 0 Å². The summed E-state index contributed by atoms with van der Waals surface area (Å²) in [5, 5.41) is 0. The summed E-state index contributed by atoms with van der Waals surface area (Å²) in [4.78, 5) is 22.1. The molecular formula is C32H29FO6. The van der Waals surface area contributed by atoms with Gasteiger partial charge in [-0.2, -0.15) is 0 Å². The third-order valence-electron chi connectivity index (χ3n) is 5.25. The summed E-state index contributed by atoms with van der Waals surface area (Å²) in [6.07, 6.45) is 9.34. The number of carbonyl (C=O) groups is 2. The average molecular weight is 529 g/mol. The van der Waals surface area contributed by atoms with Gasteiger partial charge in [0.2, 0.25) is 0 Å². The highest BCUT2D eigenvalue weighted by molar-refractivity contribution is 5.81. The van der Waals surface area contributed by atoms with Gasteiger partial charge in [0.1, 0.15) is 43.7 Å².